The minimum atomic E-state index is 0. The van der Waals surface area contributed by atoms with Crippen LogP contribution in [0.5, 0.6) is 0 Å². The van der Waals surface area contributed by atoms with Crippen LogP contribution in [0, 0.1) is 0 Å². The molecule has 1 aromatic heterocycles. The lowest BCUT2D eigenvalue weighted by Crippen LogP contribution is -2.24. The minimum Gasteiger partial charge on any atom is -0.369 e. The average Bonchev–Trinajstić information content (AvgIpc) is 2.76. The van der Waals surface area contributed by atoms with E-state index in [1.807, 2.05) is 0 Å². The van der Waals surface area contributed by atoms with E-state index in [9.17, 15) is 4.79 Å². The smallest absolute Gasteiger partial charge is 0.219 e. The molecule has 6 heteroatoms. The number of nitrogens with two attached hydrogens (primary N) is 1. The number of nitrogens with zero attached hydrogens (tertiary/aromatic N) is 1. The van der Waals surface area contributed by atoms with Crippen LogP contribution >= 0.6 is 12.4 Å². The third-order valence-electron chi connectivity index (χ3n) is 2.85. The number of nitrogen functional groups attached to an aromatic ring is 1. The Kier molecular flexibility index (Phi) is 9.98. The predicted molar refractivity (Wildman–Crippen MR) is 80.3 cm³/mol. The molecule has 0 bridgehead atoms. The van der Waals surface area contributed by atoms with E-state index in [2.05, 4.69) is 22.2 Å². The highest BCUT2D eigenvalue weighted by Gasteiger charge is 2.01. The third-order valence-corrected chi connectivity index (χ3v) is 2.85. The van der Waals surface area contributed by atoms with Gasteiger partial charge in [-0.2, -0.15) is 0 Å². The number of aryl methyl sites for hydroxylation is 1. The van der Waals surface area contributed by atoms with Crippen LogP contribution in [-0.4, -0.2) is 22.4 Å². The number of nitrogens with one attached hydrogen (secondary N) is 2. The lowest BCUT2D eigenvalue weighted by Gasteiger charge is -2.04. The molecule has 4 N–H and O–H groups in total. The van der Waals surface area contributed by atoms with E-state index < -0.39 is 0 Å². The molecule has 0 saturated heterocycles. The molecule has 19 heavy (non-hydrogen) atoms. The van der Waals surface area contributed by atoms with Crippen molar-refractivity contribution in [2.75, 3.05) is 12.3 Å². The number of unbranched alkanes of at least 4 members (excludes halogenated alkanes) is 3. The molecule has 0 aliphatic rings. The molecule has 0 spiro atoms. The van der Waals surface area contributed by atoms with E-state index in [1.165, 1.54) is 12.8 Å². The van der Waals surface area contributed by atoms with Gasteiger partial charge in [0, 0.05) is 18.7 Å². The molecule has 1 aromatic rings. The number of carbonyl (C=O) groups excluding carboxylic acids is 1. The van der Waals surface area contributed by atoms with Crippen LogP contribution in [0.4, 0.5) is 5.95 Å². The summed E-state index contributed by atoms with van der Waals surface area (Å²) in [6.07, 6.45) is 8.72. The molecule has 0 aliphatic carbocycles. The predicted octanol–water partition coefficient (Wildman–Crippen LogP) is 2.43. The normalized spacial score (nSPS) is 9.95. The van der Waals surface area contributed by atoms with E-state index in [1.54, 1.807) is 6.20 Å². The number of H-pyrrole nitrogens is 1. The molecular weight excluding hydrogens is 264 g/mol. The Morgan fingerprint density at radius 1 is 1.37 bits per heavy atom. The van der Waals surface area contributed by atoms with Crippen molar-refractivity contribution in [3.63, 3.8) is 0 Å². The standard InChI is InChI=1S/C13H24N4O.ClH/c1-2-3-4-5-8-12(18)15-9-6-7-11-10-16-13(14)17-11;/h10H,2-9H2,1H3,(H,15,18)(H3,14,16,17);1H. The second-order valence-corrected chi connectivity index (χ2v) is 4.56. The van der Waals surface area contributed by atoms with Gasteiger partial charge in [0.1, 0.15) is 0 Å². The zero-order chi connectivity index (χ0) is 13.2. The summed E-state index contributed by atoms with van der Waals surface area (Å²) >= 11 is 0. The van der Waals surface area contributed by atoms with Crippen LogP contribution in [-0.2, 0) is 11.2 Å². The number of hydrogen-bond donors (Lipinski definition) is 3. The van der Waals surface area contributed by atoms with E-state index in [0.29, 0.717) is 18.9 Å². The van der Waals surface area contributed by atoms with Gasteiger partial charge in [0.25, 0.3) is 0 Å². The number of aromatic nitrogens is 2. The molecule has 0 unspecified atom stereocenters. The summed E-state index contributed by atoms with van der Waals surface area (Å²) in [6.45, 7) is 2.88. The number of carbonyl (C=O) groups is 1. The first kappa shape index (κ1) is 17.8. The Morgan fingerprint density at radius 2 is 2.16 bits per heavy atom. The SMILES string of the molecule is CCCCCCC(=O)NCCCc1cnc(N)[nH]1.Cl. The highest BCUT2D eigenvalue weighted by molar-refractivity contribution is 5.85. The highest BCUT2D eigenvalue weighted by Crippen LogP contribution is 2.03. The van der Waals surface area contributed by atoms with Crippen molar-refractivity contribution in [2.24, 2.45) is 0 Å². The third kappa shape index (κ3) is 8.48. The van der Waals surface area contributed by atoms with Gasteiger partial charge in [-0.3, -0.25) is 4.79 Å². The molecule has 1 heterocycles. The van der Waals surface area contributed by atoms with Crippen molar-refractivity contribution >= 4 is 24.3 Å². The fraction of sp³-hybridized carbons (Fsp3) is 0.692. The first-order valence-electron chi connectivity index (χ1n) is 6.78. The lowest BCUT2D eigenvalue weighted by atomic mass is 10.1. The highest BCUT2D eigenvalue weighted by atomic mass is 35.5. The van der Waals surface area contributed by atoms with Gasteiger partial charge >= 0.3 is 0 Å². The molecule has 5 nitrogen and oxygen atoms in total. The van der Waals surface area contributed by atoms with Crippen molar-refractivity contribution in [1.82, 2.24) is 15.3 Å². The van der Waals surface area contributed by atoms with Crippen LogP contribution in [0.3, 0.4) is 0 Å². The molecule has 110 valence electrons. The lowest BCUT2D eigenvalue weighted by molar-refractivity contribution is -0.121. The van der Waals surface area contributed by atoms with Crippen LogP contribution in [0.25, 0.3) is 0 Å². The monoisotopic (exact) mass is 288 g/mol. The molecule has 1 amide bonds. The van der Waals surface area contributed by atoms with Crippen molar-refractivity contribution in [1.29, 1.82) is 0 Å². The summed E-state index contributed by atoms with van der Waals surface area (Å²) in [4.78, 5) is 18.4. The summed E-state index contributed by atoms with van der Waals surface area (Å²) in [5.41, 5.74) is 6.49. The number of halogens is 1. The number of amides is 1. The molecule has 0 aromatic carbocycles. The molecule has 0 atom stereocenters. The van der Waals surface area contributed by atoms with Crippen molar-refractivity contribution in [3.8, 4) is 0 Å². The summed E-state index contributed by atoms with van der Waals surface area (Å²) < 4.78 is 0. The maximum absolute atomic E-state index is 11.5. The average molecular weight is 289 g/mol. The van der Waals surface area contributed by atoms with Gasteiger partial charge in [0.15, 0.2) is 5.95 Å². The summed E-state index contributed by atoms with van der Waals surface area (Å²) in [5.74, 6) is 0.611. The van der Waals surface area contributed by atoms with Crippen LogP contribution < -0.4 is 11.1 Å². The molecular formula is C13H25ClN4O. The van der Waals surface area contributed by atoms with Crippen molar-refractivity contribution < 1.29 is 4.79 Å². The van der Waals surface area contributed by atoms with Gasteiger partial charge < -0.3 is 16.0 Å². The van der Waals surface area contributed by atoms with Gasteiger partial charge in [-0.05, 0) is 19.3 Å². The van der Waals surface area contributed by atoms with E-state index >= 15 is 0 Å². The molecule has 0 radical (unpaired) electrons. The van der Waals surface area contributed by atoms with Crippen molar-refractivity contribution in [2.45, 2.75) is 51.9 Å². The fourth-order valence-electron chi connectivity index (χ4n) is 1.81. The van der Waals surface area contributed by atoms with E-state index in [0.717, 1.165) is 31.4 Å². The van der Waals surface area contributed by atoms with Crippen LogP contribution in [0.2, 0.25) is 0 Å². The summed E-state index contributed by atoms with van der Waals surface area (Å²) in [5, 5.41) is 2.93. The Balaban J connectivity index is 0.00000324. The maximum atomic E-state index is 11.5. The van der Waals surface area contributed by atoms with Gasteiger partial charge in [-0.25, -0.2) is 4.98 Å². The first-order chi connectivity index (χ1) is 8.72. The summed E-state index contributed by atoms with van der Waals surface area (Å²) in [7, 11) is 0. The van der Waals surface area contributed by atoms with Crippen LogP contribution in [0.1, 0.15) is 51.1 Å². The number of rotatable bonds is 9. The molecule has 0 fully saturated rings. The number of imidazole rings is 1. The molecule has 0 aliphatic heterocycles. The largest absolute Gasteiger partial charge is 0.369 e. The van der Waals surface area contributed by atoms with Gasteiger partial charge in [-0.1, -0.05) is 26.2 Å². The minimum absolute atomic E-state index is 0. The summed E-state index contributed by atoms with van der Waals surface area (Å²) in [6, 6.07) is 0. The molecule has 0 saturated carbocycles. The Morgan fingerprint density at radius 3 is 2.79 bits per heavy atom. The first-order valence-corrected chi connectivity index (χ1v) is 6.78. The number of anilines is 1. The topological polar surface area (TPSA) is 83.8 Å². The fourth-order valence-corrected chi connectivity index (χ4v) is 1.81. The zero-order valence-corrected chi connectivity index (χ0v) is 12.4. The Hall–Kier alpha value is -1.23. The van der Waals surface area contributed by atoms with Gasteiger partial charge in [-0.15, -0.1) is 12.4 Å². The van der Waals surface area contributed by atoms with Crippen LogP contribution in [0.15, 0.2) is 6.20 Å². The molecule has 1 rings (SSSR count). The van der Waals surface area contributed by atoms with Crippen molar-refractivity contribution in [3.05, 3.63) is 11.9 Å². The second-order valence-electron chi connectivity index (χ2n) is 4.56. The van der Waals surface area contributed by atoms with Gasteiger partial charge in [0.2, 0.25) is 5.91 Å². The number of hydrogen-bond acceptors (Lipinski definition) is 3. The van der Waals surface area contributed by atoms with E-state index in [4.69, 9.17) is 5.73 Å². The second kappa shape index (κ2) is 10.7. The quantitative estimate of drug-likeness (QED) is 0.610. The number of aromatic amines is 1. The Labute approximate surface area is 121 Å². The van der Waals surface area contributed by atoms with Gasteiger partial charge in [0.05, 0.1) is 6.20 Å². The maximum Gasteiger partial charge on any atom is 0.219 e. The zero-order valence-electron chi connectivity index (χ0n) is 11.6. The Bertz CT molecular complexity index is 354. The van der Waals surface area contributed by atoms with E-state index in [-0.39, 0.29) is 18.3 Å².